The lowest BCUT2D eigenvalue weighted by Gasteiger charge is -2.01. The number of thioether (sulfide) groups is 1. The van der Waals surface area contributed by atoms with Gasteiger partial charge < -0.3 is 10.5 Å². The number of rotatable bonds is 3. The average Bonchev–Trinajstić information content (AvgIpc) is 2.29. The van der Waals surface area contributed by atoms with Crippen molar-refractivity contribution in [2.45, 2.75) is 0 Å². The normalized spacial score (nSPS) is 12.0. The summed E-state index contributed by atoms with van der Waals surface area (Å²) in [6, 6.07) is 7.57. The molecule has 0 bridgehead atoms. The third-order valence-electron chi connectivity index (χ3n) is 1.70. The molecule has 2 N–H and O–H groups in total. The van der Waals surface area contributed by atoms with Gasteiger partial charge in [0.05, 0.1) is 13.3 Å². The first-order valence-corrected chi connectivity index (χ1v) is 5.54. The molecule has 80 valence electrons. The SMILES string of the molecule is COc1ccccc1C=NN=C(N)SC. The van der Waals surface area contributed by atoms with Gasteiger partial charge in [-0.05, 0) is 18.4 Å². The van der Waals surface area contributed by atoms with Gasteiger partial charge in [0.1, 0.15) is 5.75 Å². The molecule has 0 saturated heterocycles. The summed E-state index contributed by atoms with van der Waals surface area (Å²) in [7, 11) is 1.62. The summed E-state index contributed by atoms with van der Waals surface area (Å²) < 4.78 is 5.15. The van der Waals surface area contributed by atoms with E-state index in [1.807, 2.05) is 30.5 Å². The van der Waals surface area contributed by atoms with Crippen LogP contribution in [0.4, 0.5) is 0 Å². The van der Waals surface area contributed by atoms with Gasteiger partial charge in [0.25, 0.3) is 0 Å². The molecule has 1 aromatic carbocycles. The molecule has 0 amide bonds. The van der Waals surface area contributed by atoms with Crippen LogP contribution in [0.5, 0.6) is 5.75 Å². The number of methoxy groups -OCH3 is 1. The number of para-hydroxylation sites is 1. The number of ether oxygens (including phenoxy) is 1. The second-order valence-electron chi connectivity index (χ2n) is 2.63. The summed E-state index contributed by atoms with van der Waals surface area (Å²) in [5.74, 6) is 0.763. The van der Waals surface area contributed by atoms with Crippen molar-refractivity contribution in [1.82, 2.24) is 0 Å². The van der Waals surface area contributed by atoms with Gasteiger partial charge in [-0.1, -0.05) is 23.9 Å². The minimum Gasteiger partial charge on any atom is -0.496 e. The molecule has 1 rings (SSSR count). The van der Waals surface area contributed by atoms with Crippen LogP contribution in [0.15, 0.2) is 34.5 Å². The molecule has 15 heavy (non-hydrogen) atoms. The Labute approximate surface area is 93.2 Å². The van der Waals surface area contributed by atoms with E-state index in [1.165, 1.54) is 11.8 Å². The molecule has 0 fully saturated rings. The summed E-state index contributed by atoms with van der Waals surface area (Å²) in [4.78, 5) is 0. The number of nitrogens with zero attached hydrogens (tertiary/aromatic N) is 2. The standard InChI is InChI=1S/C10H13N3OS/c1-14-9-6-4-3-5-8(9)7-12-13-10(11)15-2/h3-7H,1-2H3,(H2,11,13). The summed E-state index contributed by atoms with van der Waals surface area (Å²) in [6.07, 6.45) is 3.46. The first-order valence-electron chi connectivity index (χ1n) is 4.31. The Morgan fingerprint density at radius 1 is 1.47 bits per heavy atom. The van der Waals surface area contributed by atoms with Crippen molar-refractivity contribution in [3.05, 3.63) is 29.8 Å². The van der Waals surface area contributed by atoms with Gasteiger partial charge in [-0.15, -0.1) is 5.10 Å². The van der Waals surface area contributed by atoms with Crippen LogP contribution in [0.3, 0.4) is 0 Å². The quantitative estimate of drug-likeness (QED) is 0.482. The second-order valence-corrected chi connectivity index (χ2v) is 3.46. The highest BCUT2D eigenvalue weighted by molar-refractivity contribution is 8.13. The first-order chi connectivity index (χ1) is 7.27. The van der Waals surface area contributed by atoms with E-state index in [9.17, 15) is 0 Å². The van der Waals surface area contributed by atoms with Crippen molar-refractivity contribution in [3.63, 3.8) is 0 Å². The molecule has 4 nitrogen and oxygen atoms in total. The molecule has 5 heteroatoms. The molecule has 0 radical (unpaired) electrons. The van der Waals surface area contributed by atoms with Crippen LogP contribution in [-0.4, -0.2) is 24.7 Å². The van der Waals surface area contributed by atoms with Crippen molar-refractivity contribution < 1.29 is 4.74 Å². The summed E-state index contributed by atoms with van der Waals surface area (Å²) >= 11 is 1.35. The predicted octanol–water partition coefficient (Wildman–Crippen LogP) is 1.71. The van der Waals surface area contributed by atoms with Crippen LogP contribution in [0, 0.1) is 0 Å². The maximum Gasteiger partial charge on any atom is 0.180 e. The van der Waals surface area contributed by atoms with E-state index in [2.05, 4.69) is 10.2 Å². The topological polar surface area (TPSA) is 60.0 Å². The van der Waals surface area contributed by atoms with E-state index >= 15 is 0 Å². The van der Waals surface area contributed by atoms with Crippen LogP contribution in [0.25, 0.3) is 0 Å². The van der Waals surface area contributed by atoms with E-state index < -0.39 is 0 Å². The van der Waals surface area contributed by atoms with Crippen molar-refractivity contribution in [1.29, 1.82) is 0 Å². The van der Waals surface area contributed by atoms with E-state index in [-0.39, 0.29) is 0 Å². The molecule has 0 aliphatic rings. The molecule has 0 spiro atoms. The molecular weight excluding hydrogens is 210 g/mol. The predicted molar refractivity (Wildman–Crippen MR) is 65.7 cm³/mol. The Morgan fingerprint density at radius 2 is 2.20 bits per heavy atom. The van der Waals surface area contributed by atoms with Gasteiger partial charge in [-0.25, -0.2) is 0 Å². The van der Waals surface area contributed by atoms with Crippen molar-refractivity contribution >= 4 is 23.1 Å². The van der Waals surface area contributed by atoms with Crippen LogP contribution >= 0.6 is 11.8 Å². The van der Waals surface area contributed by atoms with Crippen LogP contribution < -0.4 is 10.5 Å². The van der Waals surface area contributed by atoms with Crippen molar-refractivity contribution in [2.24, 2.45) is 15.9 Å². The third kappa shape index (κ3) is 3.63. The van der Waals surface area contributed by atoms with E-state index in [0.717, 1.165) is 11.3 Å². The molecule has 0 aliphatic carbocycles. The largest absolute Gasteiger partial charge is 0.496 e. The Balaban J connectivity index is 2.80. The molecule has 0 heterocycles. The number of amidine groups is 1. The highest BCUT2D eigenvalue weighted by Gasteiger charge is 1.96. The van der Waals surface area contributed by atoms with Crippen molar-refractivity contribution in [3.8, 4) is 5.75 Å². The van der Waals surface area contributed by atoms with Crippen molar-refractivity contribution in [2.75, 3.05) is 13.4 Å². The Kier molecular flexibility index (Phi) is 4.70. The molecular formula is C10H13N3OS. The average molecular weight is 223 g/mol. The fourth-order valence-electron chi connectivity index (χ4n) is 0.962. The number of hydrogen-bond acceptors (Lipinski definition) is 4. The fourth-order valence-corrected chi connectivity index (χ4v) is 1.09. The monoisotopic (exact) mass is 223 g/mol. The molecule has 0 atom stereocenters. The van der Waals surface area contributed by atoms with Gasteiger partial charge in [0.15, 0.2) is 5.17 Å². The Bertz CT molecular complexity index is 377. The van der Waals surface area contributed by atoms with E-state index in [4.69, 9.17) is 10.5 Å². The second kappa shape index (κ2) is 6.08. The Hall–Kier alpha value is -1.49. The van der Waals surface area contributed by atoms with Gasteiger partial charge in [0, 0.05) is 5.56 Å². The Morgan fingerprint density at radius 3 is 2.87 bits per heavy atom. The number of benzene rings is 1. The highest BCUT2D eigenvalue weighted by atomic mass is 32.2. The lowest BCUT2D eigenvalue weighted by molar-refractivity contribution is 0.414. The van der Waals surface area contributed by atoms with E-state index in [0.29, 0.717) is 5.17 Å². The first kappa shape index (κ1) is 11.6. The summed E-state index contributed by atoms with van der Waals surface area (Å²) in [5, 5.41) is 8.07. The maximum absolute atomic E-state index is 5.48. The minimum absolute atomic E-state index is 0.432. The van der Waals surface area contributed by atoms with E-state index in [1.54, 1.807) is 13.3 Å². The molecule has 0 aromatic heterocycles. The zero-order valence-corrected chi connectivity index (χ0v) is 9.49. The molecule has 0 unspecified atom stereocenters. The third-order valence-corrected chi connectivity index (χ3v) is 2.20. The molecule has 0 saturated carbocycles. The van der Waals surface area contributed by atoms with Gasteiger partial charge in [-0.2, -0.15) is 5.10 Å². The summed E-state index contributed by atoms with van der Waals surface area (Å²) in [6.45, 7) is 0. The van der Waals surface area contributed by atoms with Crippen LogP contribution in [0.2, 0.25) is 0 Å². The lowest BCUT2D eigenvalue weighted by atomic mass is 10.2. The minimum atomic E-state index is 0.432. The van der Waals surface area contributed by atoms with Gasteiger partial charge in [-0.3, -0.25) is 0 Å². The molecule has 1 aromatic rings. The number of hydrogen-bond donors (Lipinski definition) is 1. The maximum atomic E-state index is 5.48. The van der Waals surface area contributed by atoms with Gasteiger partial charge >= 0.3 is 0 Å². The fraction of sp³-hybridized carbons (Fsp3) is 0.200. The smallest absolute Gasteiger partial charge is 0.180 e. The molecule has 0 aliphatic heterocycles. The van der Waals surface area contributed by atoms with Crippen LogP contribution in [0.1, 0.15) is 5.56 Å². The van der Waals surface area contributed by atoms with Gasteiger partial charge in [0.2, 0.25) is 0 Å². The number of nitrogens with two attached hydrogens (primary N) is 1. The zero-order valence-electron chi connectivity index (χ0n) is 8.68. The lowest BCUT2D eigenvalue weighted by Crippen LogP contribution is -2.04. The summed E-state index contributed by atoms with van der Waals surface area (Å²) in [5.41, 5.74) is 6.35. The highest BCUT2D eigenvalue weighted by Crippen LogP contribution is 2.14. The van der Waals surface area contributed by atoms with Crippen LogP contribution in [-0.2, 0) is 0 Å². The zero-order chi connectivity index (χ0) is 11.1.